The lowest BCUT2D eigenvalue weighted by Crippen LogP contribution is -2.44. The molecule has 1 aliphatic carbocycles. The summed E-state index contributed by atoms with van der Waals surface area (Å²) in [7, 11) is -0.296. The number of carbonyl (C=O) groups is 1. The van der Waals surface area contributed by atoms with Crippen LogP contribution in [0.4, 0.5) is 0 Å². The Balaban J connectivity index is 2.74. The fourth-order valence-electron chi connectivity index (χ4n) is 2.46. The minimum absolute atomic E-state index is 0.0372. The number of ether oxygens (including phenoxy) is 1. The molecular formula is C17H32O3Si. The largest absolute Gasteiger partial charge is 0.469 e. The van der Waals surface area contributed by atoms with E-state index in [0.717, 1.165) is 25.7 Å². The quantitative estimate of drug-likeness (QED) is 0.405. The number of methoxy groups -OCH3 is 1. The predicted octanol–water partition coefficient (Wildman–Crippen LogP) is 4.69. The summed E-state index contributed by atoms with van der Waals surface area (Å²) >= 11 is 0. The van der Waals surface area contributed by atoms with Gasteiger partial charge in [0.15, 0.2) is 8.32 Å². The number of esters is 1. The number of hydrogen-bond donors (Lipinski definition) is 0. The second-order valence-electron chi connectivity index (χ2n) is 7.56. The zero-order valence-corrected chi connectivity index (χ0v) is 15.8. The van der Waals surface area contributed by atoms with Crippen LogP contribution in [0.5, 0.6) is 0 Å². The molecule has 0 spiro atoms. The Morgan fingerprint density at radius 1 is 1.43 bits per heavy atom. The second kappa shape index (κ2) is 7.10. The van der Waals surface area contributed by atoms with Crippen molar-refractivity contribution in [3.63, 3.8) is 0 Å². The van der Waals surface area contributed by atoms with Crippen molar-refractivity contribution in [1.82, 2.24) is 0 Å². The molecule has 0 aliphatic heterocycles. The summed E-state index contributed by atoms with van der Waals surface area (Å²) in [5, 5.41) is 0.215. The van der Waals surface area contributed by atoms with Crippen molar-refractivity contribution in [1.29, 1.82) is 0 Å². The van der Waals surface area contributed by atoms with Crippen LogP contribution < -0.4 is 0 Å². The van der Waals surface area contributed by atoms with Crippen molar-refractivity contribution in [2.75, 3.05) is 7.11 Å². The number of rotatable bonds is 6. The van der Waals surface area contributed by atoms with Gasteiger partial charge >= 0.3 is 5.97 Å². The van der Waals surface area contributed by atoms with Crippen LogP contribution in [-0.2, 0) is 14.0 Å². The highest BCUT2D eigenvalue weighted by atomic mass is 28.4. The lowest BCUT2D eigenvalue weighted by Gasteiger charge is -2.39. The van der Waals surface area contributed by atoms with Crippen molar-refractivity contribution in [2.24, 2.45) is 5.92 Å². The highest BCUT2D eigenvalue weighted by Crippen LogP contribution is 2.40. The lowest BCUT2D eigenvalue weighted by atomic mass is 9.95. The molecule has 1 unspecified atom stereocenters. The van der Waals surface area contributed by atoms with Gasteiger partial charge < -0.3 is 9.16 Å². The molecule has 0 amide bonds. The number of hydrogen-bond acceptors (Lipinski definition) is 3. The monoisotopic (exact) mass is 312 g/mol. The van der Waals surface area contributed by atoms with E-state index in [0.29, 0.717) is 0 Å². The maximum atomic E-state index is 11.8. The molecule has 2 atom stereocenters. The summed E-state index contributed by atoms with van der Waals surface area (Å²) in [4.78, 5) is 11.8. The average Bonchev–Trinajstić information content (AvgIpc) is 2.80. The summed E-state index contributed by atoms with van der Waals surface area (Å²) in [5.41, 5.74) is 1.30. The molecule has 0 heterocycles. The number of carbonyl (C=O) groups excluding carboxylic acids is 1. The van der Waals surface area contributed by atoms with E-state index >= 15 is 0 Å². The van der Waals surface area contributed by atoms with Gasteiger partial charge in [-0.15, -0.1) is 0 Å². The molecule has 21 heavy (non-hydrogen) atoms. The molecule has 0 saturated heterocycles. The molecule has 0 N–H and O–H groups in total. The van der Waals surface area contributed by atoms with Crippen molar-refractivity contribution < 1.29 is 14.0 Å². The first-order valence-electron chi connectivity index (χ1n) is 8.07. The van der Waals surface area contributed by atoms with Gasteiger partial charge in [-0.05, 0) is 49.4 Å². The highest BCUT2D eigenvalue weighted by Gasteiger charge is 2.40. The minimum Gasteiger partial charge on any atom is -0.469 e. The first-order chi connectivity index (χ1) is 9.62. The fourth-order valence-corrected chi connectivity index (χ4v) is 3.80. The van der Waals surface area contributed by atoms with Crippen LogP contribution in [0.1, 0.15) is 53.4 Å². The average molecular weight is 313 g/mol. The maximum Gasteiger partial charge on any atom is 0.308 e. The van der Waals surface area contributed by atoms with Crippen molar-refractivity contribution in [3.8, 4) is 0 Å². The van der Waals surface area contributed by atoms with E-state index in [4.69, 9.17) is 9.16 Å². The Labute approximate surface area is 131 Å². The Morgan fingerprint density at radius 3 is 2.52 bits per heavy atom. The summed E-state index contributed by atoms with van der Waals surface area (Å²) in [6.07, 6.45) is 6.18. The molecule has 0 radical (unpaired) electrons. The topological polar surface area (TPSA) is 35.5 Å². The number of allylic oxidation sites excluding steroid dienone is 1. The fraction of sp³-hybridized carbons (Fsp3) is 0.824. The molecule has 1 rings (SSSR count). The molecule has 1 aliphatic rings. The van der Waals surface area contributed by atoms with Gasteiger partial charge in [0, 0.05) is 0 Å². The maximum absolute atomic E-state index is 11.8. The molecule has 0 aromatic rings. The van der Waals surface area contributed by atoms with Gasteiger partial charge in [-0.3, -0.25) is 4.79 Å². The highest BCUT2D eigenvalue weighted by molar-refractivity contribution is 6.74. The summed E-state index contributed by atoms with van der Waals surface area (Å²) in [5.74, 6) is -0.138. The van der Waals surface area contributed by atoms with E-state index in [9.17, 15) is 4.79 Å². The smallest absolute Gasteiger partial charge is 0.308 e. The van der Waals surface area contributed by atoms with E-state index in [-0.39, 0.29) is 23.0 Å². The van der Waals surface area contributed by atoms with E-state index in [1.54, 1.807) is 0 Å². The predicted molar refractivity (Wildman–Crippen MR) is 89.8 cm³/mol. The normalized spacial score (nSPS) is 21.1. The first-order valence-corrected chi connectivity index (χ1v) is 11.0. The molecule has 4 heteroatoms. The zero-order valence-electron chi connectivity index (χ0n) is 14.8. The van der Waals surface area contributed by atoms with Crippen LogP contribution in [0, 0.1) is 5.92 Å². The van der Waals surface area contributed by atoms with Crippen molar-refractivity contribution in [2.45, 2.75) is 77.6 Å². The first kappa shape index (κ1) is 18.4. The van der Waals surface area contributed by atoms with E-state index in [1.807, 2.05) is 6.92 Å². The Bertz CT molecular complexity index is 393. The van der Waals surface area contributed by atoms with Crippen LogP contribution in [0.15, 0.2) is 11.6 Å². The van der Waals surface area contributed by atoms with Gasteiger partial charge in [0.2, 0.25) is 0 Å². The Hall–Kier alpha value is -0.613. The van der Waals surface area contributed by atoms with Gasteiger partial charge in [0.25, 0.3) is 0 Å². The standard InChI is InChI=1S/C17H32O3Si/c1-8-13(16(18)19-5)12-14-10-9-11-15(14)20-21(6,7)17(2,3)4/h10,13,15H,8-9,11-12H2,1-7H3/t13-,15?/m1/s1. The SMILES string of the molecule is CC[C@H](CC1=CCCC1O[Si](C)(C)C(C)(C)C)C(=O)OC. The molecule has 122 valence electrons. The summed E-state index contributed by atoms with van der Waals surface area (Å²) in [6.45, 7) is 13.4. The third kappa shape index (κ3) is 4.68. The van der Waals surface area contributed by atoms with Crippen LogP contribution in [0.25, 0.3) is 0 Å². The third-order valence-corrected chi connectivity index (χ3v) is 9.49. The molecule has 0 bridgehead atoms. The van der Waals surface area contributed by atoms with E-state index < -0.39 is 8.32 Å². The Morgan fingerprint density at radius 2 is 2.05 bits per heavy atom. The van der Waals surface area contributed by atoms with Crippen molar-refractivity contribution in [3.05, 3.63) is 11.6 Å². The second-order valence-corrected chi connectivity index (χ2v) is 12.3. The van der Waals surface area contributed by atoms with Crippen LogP contribution in [0.2, 0.25) is 18.1 Å². The van der Waals surface area contributed by atoms with E-state index in [2.05, 4.69) is 39.9 Å². The van der Waals surface area contributed by atoms with Crippen LogP contribution in [-0.4, -0.2) is 27.5 Å². The zero-order chi connectivity index (χ0) is 16.3. The van der Waals surface area contributed by atoms with Gasteiger partial charge in [0.05, 0.1) is 19.1 Å². The molecular weight excluding hydrogens is 280 g/mol. The molecule has 0 fully saturated rings. The third-order valence-electron chi connectivity index (χ3n) is 5.00. The molecule has 0 saturated carbocycles. The van der Waals surface area contributed by atoms with Gasteiger partial charge in [-0.1, -0.05) is 33.8 Å². The van der Waals surface area contributed by atoms with Crippen LogP contribution >= 0.6 is 0 Å². The lowest BCUT2D eigenvalue weighted by molar-refractivity contribution is -0.145. The summed E-state index contributed by atoms with van der Waals surface area (Å²) in [6, 6.07) is 0. The van der Waals surface area contributed by atoms with Gasteiger partial charge in [-0.2, -0.15) is 0 Å². The Kier molecular flexibility index (Phi) is 6.23. The molecule has 0 aromatic heterocycles. The van der Waals surface area contributed by atoms with Crippen molar-refractivity contribution >= 4 is 14.3 Å². The molecule has 0 aromatic carbocycles. The van der Waals surface area contributed by atoms with Gasteiger partial charge in [-0.25, -0.2) is 0 Å². The minimum atomic E-state index is -1.77. The summed E-state index contributed by atoms with van der Waals surface area (Å²) < 4.78 is 11.5. The molecule has 3 nitrogen and oxygen atoms in total. The van der Waals surface area contributed by atoms with Gasteiger partial charge in [0.1, 0.15) is 0 Å². The van der Waals surface area contributed by atoms with Crippen LogP contribution in [0.3, 0.4) is 0 Å². The van der Waals surface area contributed by atoms with E-state index in [1.165, 1.54) is 12.7 Å².